The Labute approximate surface area is 171 Å². The van der Waals surface area contributed by atoms with E-state index in [-0.39, 0.29) is 10.6 Å². The van der Waals surface area contributed by atoms with Crippen LogP contribution in [0.2, 0.25) is 5.02 Å². The van der Waals surface area contributed by atoms with Crippen molar-refractivity contribution >= 4 is 29.1 Å². The number of aromatic nitrogens is 1. The minimum atomic E-state index is -0.843. The van der Waals surface area contributed by atoms with Crippen molar-refractivity contribution in [1.82, 2.24) is 15.4 Å². The number of rotatable bonds is 4. The Hall–Kier alpha value is -3.65. The summed E-state index contributed by atoms with van der Waals surface area (Å²) in [5.74, 6) is -1.39. The number of para-hydroxylation sites is 1. The molecule has 0 fully saturated rings. The molecule has 0 saturated heterocycles. The van der Waals surface area contributed by atoms with Gasteiger partial charge in [-0.15, -0.1) is 0 Å². The van der Waals surface area contributed by atoms with E-state index in [1.165, 1.54) is 12.1 Å². The average molecular weight is 413 g/mol. The van der Waals surface area contributed by atoms with E-state index in [2.05, 4.69) is 10.9 Å². The van der Waals surface area contributed by atoms with Crippen LogP contribution in [0.15, 0.2) is 54.6 Å². The van der Waals surface area contributed by atoms with Gasteiger partial charge in [0.25, 0.3) is 17.5 Å². The summed E-state index contributed by atoms with van der Waals surface area (Å²) in [5, 5.41) is 11.3. The monoisotopic (exact) mass is 412 g/mol. The van der Waals surface area contributed by atoms with Crippen molar-refractivity contribution in [2.75, 3.05) is 0 Å². The number of nitrogens with one attached hydrogen (secondary N) is 2. The lowest BCUT2D eigenvalue weighted by Crippen LogP contribution is -2.42. The van der Waals surface area contributed by atoms with Gasteiger partial charge in [0, 0.05) is 28.2 Å². The Kier molecular flexibility index (Phi) is 5.65. The van der Waals surface area contributed by atoms with Gasteiger partial charge in [0.1, 0.15) is 5.56 Å². The predicted octanol–water partition coefficient (Wildman–Crippen LogP) is 3.73. The quantitative estimate of drug-likeness (QED) is 0.503. The second-order valence-corrected chi connectivity index (χ2v) is 6.72. The van der Waals surface area contributed by atoms with Crippen LogP contribution in [0.25, 0.3) is 5.69 Å². The number of hydrazine groups is 1. The first-order valence-electron chi connectivity index (χ1n) is 8.58. The lowest BCUT2D eigenvalue weighted by molar-refractivity contribution is -0.385. The molecule has 2 aromatic carbocycles. The van der Waals surface area contributed by atoms with Gasteiger partial charge < -0.3 is 4.57 Å². The lowest BCUT2D eigenvalue weighted by Gasteiger charge is -2.10. The Morgan fingerprint density at radius 2 is 1.59 bits per heavy atom. The highest BCUT2D eigenvalue weighted by molar-refractivity contribution is 6.31. The molecule has 0 saturated carbocycles. The van der Waals surface area contributed by atoms with Crippen molar-refractivity contribution in [2.45, 2.75) is 13.8 Å². The van der Waals surface area contributed by atoms with Crippen molar-refractivity contribution in [3.8, 4) is 5.69 Å². The number of benzene rings is 2. The summed E-state index contributed by atoms with van der Waals surface area (Å²) in [6.45, 7) is 3.66. The van der Waals surface area contributed by atoms with Gasteiger partial charge in [-0.25, -0.2) is 0 Å². The van der Waals surface area contributed by atoms with Crippen LogP contribution >= 0.6 is 11.6 Å². The molecule has 8 nitrogen and oxygen atoms in total. The molecular weight excluding hydrogens is 396 g/mol. The average Bonchev–Trinajstić information content (AvgIpc) is 3.00. The number of carbonyl (C=O) groups excluding carboxylic acids is 2. The van der Waals surface area contributed by atoms with Crippen LogP contribution in [0.3, 0.4) is 0 Å². The Bertz CT molecular complexity index is 1110. The number of nitro groups is 1. The smallest absolute Gasteiger partial charge is 0.282 e. The molecule has 0 aliphatic rings. The van der Waals surface area contributed by atoms with E-state index >= 15 is 0 Å². The van der Waals surface area contributed by atoms with Crippen molar-refractivity contribution < 1.29 is 14.5 Å². The van der Waals surface area contributed by atoms with Crippen LogP contribution in [-0.2, 0) is 0 Å². The van der Waals surface area contributed by atoms with Crippen molar-refractivity contribution in [2.24, 2.45) is 0 Å². The van der Waals surface area contributed by atoms with Gasteiger partial charge >= 0.3 is 0 Å². The Morgan fingerprint density at radius 3 is 2.21 bits per heavy atom. The van der Waals surface area contributed by atoms with Gasteiger partial charge in [0.15, 0.2) is 0 Å². The molecule has 0 atom stereocenters. The summed E-state index contributed by atoms with van der Waals surface area (Å²) in [6.07, 6.45) is 0. The molecule has 29 heavy (non-hydrogen) atoms. The highest BCUT2D eigenvalue weighted by Crippen LogP contribution is 2.23. The van der Waals surface area contributed by atoms with Crippen LogP contribution in [0, 0.1) is 24.0 Å². The minimum absolute atomic E-state index is 0.165. The highest BCUT2D eigenvalue weighted by atomic mass is 35.5. The number of aryl methyl sites for hydroxylation is 1. The van der Waals surface area contributed by atoms with Crippen LogP contribution in [0.5, 0.6) is 0 Å². The summed E-state index contributed by atoms with van der Waals surface area (Å²) in [6, 6.07) is 14.8. The molecule has 1 aromatic heterocycles. The first-order chi connectivity index (χ1) is 13.8. The highest BCUT2D eigenvalue weighted by Gasteiger charge is 2.22. The summed E-state index contributed by atoms with van der Waals surface area (Å²) in [5.41, 5.74) is 6.64. The number of nitro benzene ring substituents is 1. The van der Waals surface area contributed by atoms with E-state index < -0.39 is 22.4 Å². The van der Waals surface area contributed by atoms with Crippen molar-refractivity contribution in [3.63, 3.8) is 0 Å². The number of amides is 2. The van der Waals surface area contributed by atoms with E-state index in [1.807, 2.05) is 41.8 Å². The number of nitrogens with zero attached hydrogens (tertiary/aromatic N) is 2. The minimum Gasteiger partial charge on any atom is -0.318 e. The van der Waals surface area contributed by atoms with E-state index in [9.17, 15) is 19.7 Å². The number of carbonyl (C=O) groups is 2. The normalized spacial score (nSPS) is 10.4. The first-order valence-corrected chi connectivity index (χ1v) is 8.96. The number of hydrogen-bond donors (Lipinski definition) is 2. The number of halogens is 1. The van der Waals surface area contributed by atoms with Gasteiger partial charge in [-0.1, -0.05) is 29.8 Å². The zero-order chi connectivity index (χ0) is 21.1. The maximum atomic E-state index is 12.6. The molecule has 2 N–H and O–H groups in total. The largest absolute Gasteiger partial charge is 0.318 e. The van der Waals surface area contributed by atoms with Crippen LogP contribution in [0.1, 0.15) is 32.1 Å². The molecule has 2 amide bonds. The Morgan fingerprint density at radius 1 is 0.966 bits per heavy atom. The second-order valence-electron chi connectivity index (χ2n) is 6.28. The second kappa shape index (κ2) is 8.15. The summed E-state index contributed by atoms with van der Waals surface area (Å²) >= 11 is 5.83. The SMILES string of the molecule is Cc1cc(C(=O)NNC(=O)c2cc(Cl)ccc2[N+](=O)[O-])c(C)n1-c1ccccc1. The van der Waals surface area contributed by atoms with E-state index in [1.54, 1.807) is 13.0 Å². The van der Waals surface area contributed by atoms with Gasteiger partial charge in [-0.3, -0.25) is 30.6 Å². The first kappa shape index (κ1) is 20.1. The summed E-state index contributed by atoms with van der Waals surface area (Å²) in [7, 11) is 0. The predicted molar refractivity (Wildman–Crippen MR) is 108 cm³/mol. The third-order valence-corrected chi connectivity index (χ3v) is 4.61. The molecular formula is C20H17ClN4O4. The molecule has 0 aliphatic carbocycles. The summed E-state index contributed by atoms with van der Waals surface area (Å²) in [4.78, 5) is 35.3. The van der Waals surface area contributed by atoms with Crippen molar-refractivity contribution in [3.05, 3.63) is 92.2 Å². The van der Waals surface area contributed by atoms with Crippen LogP contribution in [-0.4, -0.2) is 21.3 Å². The zero-order valence-electron chi connectivity index (χ0n) is 15.6. The fourth-order valence-corrected chi connectivity index (χ4v) is 3.24. The molecule has 0 unspecified atom stereocenters. The fraction of sp³-hybridized carbons (Fsp3) is 0.100. The maximum Gasteiger partial charge on any atom is 0.282 e. The standard InChI is InChI=1S/C20H17ClN4O4/c1-12-10-16(13(2)24(12)15-6-4-3-5-7-15)19(26)22-23-20(27)17-11-14(21)8-9-18(17)25(28)29/h3-11H,1-2H3,(H,22,26)(H,23,27). The van der Waals surface area contributed by atoms with Gasteiger partial charge in [0.2, 0.25) is 0 Å². The van der Waals surface area contributed by atoms with Gasteiger partial charge in [0.05, 0.1) is 10.5 Å². The van der Waals surface area contributed by atoms with E-state index in [0.717, 1.165) is 17.4 Å². The van der Waals surface area contributed by atoms with Crippen LogP contribution < -0.4 is 10.9 Å². The fourth-order valence-electron chi connectivity index (χ4n) is 3.06. The topological polar surface area (TPSA) is 106 Å². The van der Waals surface area contributed by atoms with Crippen LogP contribution in [0.4, 0.5) is 5.69 Å². The molecule has 148 valence electrons. The summed E-state index contributed by atoms with van der Waals surface area (Å²) < 4.78 is 1.92. The lowest BCUT2D eigenvalue weighted by atomic mass is 10.1. The van der Waals surface area contributed by atoms with Gasteiger partial charge in [-0.2, -0.15) is 0 Å². The molecule has 9 heteroatoms. The third kappa shape index (κ3) is 4.12. The molecule has 3 rings (SSSR count). The molecule has 3 aromatic rings. The zero-order valence-corrected chi connectivity index (χ0v) is 16.4. The van der Waals surface area contributed by atoms with Crippen molar-refractivity contribution in [1.29, 1.82) is 0 Å². The molecule has 0 radical (unpaired) electrons. The molecule has 0 aliphatic heterocycles. The molecule has 1 heterocycles. The molecule has 0 spiro atoms. The Balaban J connectivity index is 1.80. The van der Waals surface area contributed by atoms with E-state index in [0.29, 0.717) is 11.3 Å². The number of hydrogen-bond acceptors (Lipinski definition) is 4. The van der Waals surface area contributed by atoms with Gasteiger partial charge in [-0.05, 0) is 44.2 Å². The maximum absolute atomic E-state index is 12.6. The molecule has 0 bridgehead atoms. The van der Waals surface area contributed by atoms with E-state index in [4.69, 9.17) is 11.6 Å². The third-order valence-electron chi connectivity index (χ3n) is 4.38.